The molecule has 0 aliphatic rings. The zero-order valence-corrected chi connectivity index (χ0v) is 11.1. The number of pyridine rings is 1. The lowest BCUT2D eigenvalue weighted by atomic mass is 10.2. The highest BCUT2D eigenvalue weighted by Crippen LogP contribution is 2.15. The van der Waals surface area contributed by atoms with Crippen LogP contribution in [0.2, 0.25) is 0 Å². The maximum atomic E-state index is 5.72. The standard InChI is InChI=1S/C15H18N2O/c1-12-5-4-6-14(9-12)18-11-13-7-8-15(16-10-13)17(2)3/h4-10H,11H2,1-3H3. The summed E-state index contributed by atoms with van der Waals surface area (Å²) in [4.78, 5) is 6.33. The van der Waals surface area contributed by atoms with Crippen LogP contribution in [0, 0.1) is 6.92 Å². The smallest absolute Gasteiger partial charge is 0.127 e. The molecule has 0 bridgehead atoms. The SMILES string of the molecule is Cc1cccc(OCc2ccc(N(C)C)nc2)c1. The zero-order valence-electron chi connectivity index (χ0n) is 11.1. The number of hydrogen-bond donors (Lipinski definition) is 0. The average Bonchev–Trinajstić information content (AvgIpc) is 2.37. The number of aryl methyl sites for hydroxylation is 1. The van der Waals surface area contributed by atoms with E-state index in [0.29, 0.717) is 6.61 Å². The van der Waals surface area contributed by atoms with Gasteiger partial charge in [0.1, 0.15) is 18.2 Å². The first-order valence-electron chi connectivity index (χ1n) is 5.97. The molecule has 0 radical (unpaired) electrons. The van der Waals surface area contributed by atoms with Crippen molar-refractivity contribution in [1.82, 2.24) is 4.98 Å². The molecule has 0 unspecified atom stereocenters. The van der Waals surface area contributed by atoms with E-state index < -0.39 is 0 Å². The van der Waals surface area contributed by atoms with Gasteiger partial charge in [0.2, 0.25) is 0 Å². The van der Waals surface area contributed by atoms with Crippen molar-refractivity contribution in [2.24, 2.45) is 0 Å². The van der Waals surface area contributed by atoms with Gasteiger partial charge in [-0.3, -0.25) is 0 Å². The van der Waals surface area contributed by atoms with Crippen LogP contribution in [-0.2, 0) is 6.61 Å². The Bertz CT molecular complexity index is 506. The van der Waals surface area contributed by atoms with Gasteiger partial charge in [-0.2, -0.15) is 0 Å². The molecule has 0 saturated heterocycles. The fourth-order valence-electron chi connectivity index (χ4n) is 1.64. The number of hydrogen-bond acceptors (Lipinski definition) is 3. The zero-order chi connectivity index (χ0) is 13.0. The molecule has 2 rings (SSSR count). The van der Waals surface area contributed by atoms with Crippen LogP contribution in [0.4, 0.5) is 5.82 Å². The Morgan fingerprint density at radius 3 is 2.61 bits per heavy atom. The monoisotopic (exact) mass is 242 g/mol. The lowest BCUT2D eigenvalue weighted by Crippen LogP contribution is -2.10. The molecule has 0 aliphatic heterocycles. The third kappa shape index (κ3) is 3.23. The van der Waals surface area contributed by atoms with E-state index in [0.717, 1.165) is 17.1 Å². The molecule has 1 aromatic heterocycles. The Labute approximate surface area is 108 Å². The summed E-state index contributed by atoms with van der Waals surface area (Å²) in [6.07, 6.45) is 1.85. The van der Waals surface area contributed by atoms with E-state index in [2.05, 4.69) is 18.0 Å². The fraction of sp³-hybridized carbons (Fsp3) is 0.267. The van der Waals surface area contributed by atoms with Gasteiger partial charge >= 0.3 is 0 Å². The number of ether oxygens (including phenoxy) is 1. The van der Waals surface area contributed by atoms with Crippen LogP contribution in [0.25, 0.3) is 0 Å². The van der Waals surface area contributed by atoms with Gasteiger partial charge in [-0.05, 0) is 30.7 Å². The molecule has 0 spiro atoms. The van der Waals surface area contributed by atoms with E-state index in [1.54, 1.807) is 0 Å². The second kappa shape index (κ2) is 5.54. The summed E-state index contributed by atoms with van der Waals surface area (Å²) in [5, 5.41) is 0. The highest BCUT2D eigenvalue weighted by atomic mass is 16.5. The number of anilines is 1. The first-order chi connectivity index (χ1) is 8.65. The molecule has 0 saturated carbocycles. The van der Waals surface area contributed by atoms with E-state index >= 15 is 0 Å². The van der Waals surface area contributed by atoms with Crippen molar-refractivity contribution in [2.45, 2.75) is 13.5 Å². The average molecular weight is 242 g/mol. The lowest BCUT2D eigenvalue weighted by molar-refractivity contribution is 0.305. The lowest BCUT2D eigenvalue weighted by Gasteiger charge is -2.11. The number of nitrogens with zero attached hydrogens (tertiary/aromatic N) is 2. The Morgan fingerprint density at radius 1 is 1.17 bits per heavy atom. The molecule has 1 aromatic carbocycles. The summed E-state index contributed by atoms with van der Waals surface area (Å²) in [6.45, 7) is 2.60. The maximum Gasteiger partial charge on any atom is 0.127 e. The number of rotatable bonds is 4. The van der Waals surface area contributed by atoms with Crippen LogP contribution in [0.3, 0.4) is 0 Å². The minimum Gasteiger partial charge on any atom is -0.489 e. The second-order valence-corrected chi connectivity index (χ2v) is 4.52. The van der Waals surface area contributed by atoms with Crippen LogP contribution < -0.4 is 9.64 Å². The van der Waals surface area contributed by atoms with Crippen molar-refractivity contribution in [3.8, 4) is 5.75 Å². The van der Waals surface area contributed by atoms with E-state index in [1.807, 2.05) is 55.5 Å². The van der Waals surface area contributed by atoms with Gasteiger partial charge in [0.05, 0.1) is 0 Å². The normalized spacial score (nSPS) is 10.2. The Kier molecular flexibility index (Phi) is 3.82. The first-order valence-corrected chi connectivity index (χ1v) is 5.97. The van der Waals surface area contributed by atoms with E-state index in [1.165, 1.54) is 5.56 Å². The van der Waals surface area contributed by atoms with Crippen LogP contribution >= 0.6 is 0 Å². The summed E-state index contributed by atoms with van der Waals surface area (Å²) < 4.78 is 5.72. The molecule has 2 aromatic rings. The molecular weight excluding hydrogens is 224 g/mol. The first kappa shape index (κ1) is 12.4. The van der Waals surface area contributed by atoms with Crippen LogP contribution in [-0.4, -0.2) is 19.1 Å². The van der Waals surface area contributed by atoms with E-state index in [9.17, 15) is 0 Å². The number of aromatic nitrogens is 1. The molecule has 18 heavy (non-hydrogen) atoms. The highest BCUT2D eigenvalue weighted by molar-refractivity contribution is 5.37. The Balaban J connectivity index is 1.98. The molecule has 1 heterocycles. The number of benzene rings is 1. The molecule has 0 aliphatic carbocycles. The second-order valence-electron chi connectivity index (χ2n) is 4.52. The van der Waals surface area contributed by atoms with Crippen LogP contribution in [0.5, 0.6) is 5.75 Å². The van der Waals surface area contributed by atoms with E-state index in [4.69, 9.17) is 4.74 Å². The summed E-state index contributed by atoms with van der Waals surface area (Å²) >= 11 is 0. The van der Waals surface area contributed by atoms with E-state index in [-0.39, 0.29) is 0 Å². The maximum absolute atomic E-state index is 5.72. The summed E-state index contributed by atoms with van der Waals surface area (Å²) in [7, 11) is 3.95. The third-order valence-electron chi connectivity index (χ3n) is 2.66. The largest absolute Gasteiger partial charge is 0.489 e. The van der Waals surface area contributed by atoms with Crippen LogP contribution in [0.15, 0.2) is 42.6 Å². The Hall–Kier alpha value is -2.03. The van der Waals surface area contributed by atoms with Crippen molar-refractivity contribution in [2.75, 3.05) is 19.0 Å². The molecule has 0 atom stereocenters. The van der Waals surface area contributed by atoms with Gasteiger partial charge in [0.15, 0.2) is 0 Å². The molecule has 3 nitrogen and oxygen atoms in total. The minimum absolute atomic E-state index is 0.546. The summed E-state index contributed by atoms with van der Waals surface area (Å²) in [6, 6.07) is 12.1. The van der Waals surface area contributed by atoms with Crippen molar-refractivity contribution >= 4 is 5.82 Å². The molecule has 0 N–H and O–H groups in total. The molecule has 3 heteroatoms. The van der Waals surface area contributed by atoms with Crippen molar-refractivity contribution < 1.29 is 4.74 Å². The van der Waals surface area contributed by atoms with Gasteiger partial charge < -0.3 is 9.64 Å². The minimum atomic E-state index is 0.546. The molecular formula is C15H18N2O. The van der Waals surface area contributed by atoms with Gasteiger partial charge in [-0.15, -0.1) is 0 Å². The van der Waals surface area contributed by atoms with Gasteiger partial charge in [-0.1, -0.05) is 18.2 Å². The van der Waals surface area contributed by atoms with Crippen molar-refractivity contribution in [3.63, 3.8) is 0 Å². The summed E-state index contributed by atoms with van der Waals surface area (Å²) in [5.41, 5.74) is 2.27. The van der Waals surface area contributed by atoms with Gasteiger partial charge in [0.25, 0.3) is 0 Å². The van der Waals surface area contributed by atoms with Gasteiger partial charge in [0, 0.05) is 25.9 Å². The third-order valence-corrected chi connectivity index (χ3v) is 2.66. The topological polar surface area (TPSA) is 25.4 Å². The highest BCUT2D eigenvalue weighted by Gasteiger charge is 1.99. The fourth-order valence-corrected chi connectivity index (χ4v) is 1.64. The quantitative estimate of drug-likeness (QED) is 0.824. The van der Waals surface area contributed by atoms with Crippen molar-refractivity contribution in [1.29, 1.82) is 0 Å². The molecule has 94 valence electrons. The van der Waals surface area contributed by atoms with Crippen LogP contribution in [0.1, 0.15) is 11.1 Å². The van der Waals surface area contributed by atoms with Gasteiger partial charge in [-0.25, -0.2) is 4.98 Å². The summed E-state index contributed by atoms with van der Waals surface area (Å²) in [5.74, 6) is 1.85. The predicted molar refractivity (Wildman–Crippen MR) is 74.1 cm³/mol. The Morgan fingerprint density at radius 2 is 2.00 bits per heavy atom. The molecule has 0 fully saturated rings. The molecule has 0 amide bonds. The predicted octanol–water partition coefficient (Wildman–Crippen LogP) is 3.04. The van der Waals surface area contributed by atoms with Crippen molar-refractivity contribution in [3.05, 3.63) is 53.7 Å².